The molecule has 2 aromatic rings. The summed E-state index contributed by atoms with van der Waals surface area (Å²) in [6.45, 7) is 2.58. The number of pyridine rings is 1. The van der Waals surface area contributed by atoms with Crippen LogP contribution in [-0.4, -0.2) is 12.1 Å². The molecule has 0 unspecified atom stereocenters. The van der Waals surface area contributed by atoms with Gasteiger partial charge in [-0.3, -0.25) is 0 Å². The highest BCUT2D eigenvalue weighted by molar-refractivity contribution is 9.10. The normalized spacial score (nSPS) is 10.3. The number of hydrogen-bond donors (Lipinski definition) is 1. The third-order valence-electron chi connectivity index (χ3n) is 2.70. The fraction of sp³-hybridized carbons (Fsp3) is 0.214. The van der Waals surface area contributed by atoms with Crippen LogP contribution in [0, 0.1) is 6.92 Å². The molecule has 0 aliphatic rings. The summed E-state index contributed by atoms with van der Waals surface area (Å²) in [4.78, 5) is 4.34. The molecule has 0 atom stereocenters. The van der Waals surface area contributed by atoms with Crippen molar-refractivity contribution in [3.8, 4) is 5.88 Å². The average molecular weight is 342 g/mol. The monoisotopic (exact) mass is 340 g/mol. The van der Waals surface area contributed by atoms with Crippen LogP contribution in [0.15, 0.2) is 34.8 Å². The Morgan fingerprint density at radius 2 is 2.16 bits per heavy atom. The van der Waals surface area contributed by atoms with Gasteiger partial charge in [0.15, 0.2) is 0 Å². The zero-order valence-electron chi connectivity index (χ0n) is 10.7. The van der Waals surface area contributed by atoms with Crippen LogP contribution in [0.2, 0.25) is 5.02 Å². The summed E-state index contributed by atoms with van der Waals surface area (Å²) in [5.74, 6) is 0.611. The number of rotatable bonds is 4. The van der Waals surface area contributed by atoms with Gasteiger partial charge in [-0.1, -0.05) is 17.7 Å². The predicted molar refractivity (Wildman–Crippen MR) is 82.0 cm³/mol. The van der Waals surface area contributed by atoms with Gasteiger partial charge < -0.3 is 10.1 Å². The molecule has 5 heteroatoms. The molecular formula is C14H14BrClN2O. The standard InChI is InChI=1S/C14H14BrClN2O/c1-9-6-11(15)13(7-12(9)16)17-8-10-4-3-5-14(18-10)19-2/h3-7,17H,8H2,1-2H3. The van der Waals surface area contributed by atoms with Gasteiger partial charge in [0.05, 0.1) is 25.0 Å². The van der Waals surface area contributed by atoms with Gasteiger partial charge in [-0.2, -0.15) is 0 Å². The number of nitrogens with zero attached hydrogens (tertiary/aromatic N) is 1. The molecule has 0 saturated carbocycles. The Morgan fingerprint density at radius 1 is 1.37 bits per heavy atom. The van der Waals surface area contributed by atoms with Gasteiger partial charge in [-0.15, -0.1) is 0 Å². The van der Waals surface area contributed by atoms with Crippen LogP contribution in [0.1, 0.15) is 11.3 Å². The van der Waals surface area contributed by atoms with E-state index in [1.807, 2.05) is 37.3 Å². The number of anilines is 1. The zero-order chi connectivity index (χ0) is 13.8. The lowest BCUT2D eigenvalue weighted by atomic mass is 10.2. The van der Waals surface area contributed by atoms with E-state index < -0.39 is 0 Å². The Bertz CT molecular complexity index is 590. The van der Waals surface area contributed by atoms with Crippen molar-refractivity contribution in [3.05, 3.63) is 51.1 Å². The molecule has 0 spiro atoms. The Hall–Kier alpha value is -1.26. The van der Waals surface area contributed by atoms with Crippen LogP contribution in [0.3, 0.4) is 0 Å². The molecule has 1 aromatic heterocycles. The van der Waals surface area contributed by atoms with Crippen molar-refractivity contribution in [1.82, 2.24) is 4.98 Å². The Balaban J connectivity index is 2.12. The van der Waals surface area contributed by atoms with Crippen molar-refractivity contribution >= 4 is 33.2 Å². The van der Waals surface area contributed by atoms with Crippen LogP contribution in [0.4, 0.5) is 5.69 Å². The van der Waals surface area contributed by atoms with E-state index in [0.29, 0.717) is 12.4 Å². The van der Waals surface area contributed by atoms with Gasteiger partial charge in [0, 0.05) is 15.6 Å². The summed E-state index contributed by atoms with van der Waals surface area (Å²) < 4.78 is 6.08. The number of methoxy groups -OCH3 is 1. The molecule has 3 nitrogen and oxygen atoms in total. The molecule has 2 rings (SSSR count). The Morgan fingerprint density at radius 3 is 2.89 bits per heavy atom. The summed E-state index contributed by atoms with van der Waals surface area (Å²) in [5.41, 5.74) is 2.89. The molecule has 19 heavy (non-hydrogen) atoms. The van der Waals surface area contributed by atoms with Crippen LogP contribution in [0.5, 0.6) is 5.88 Å². The minimum atomic E-state index is 0.606. The summed E-state index contributed by atoms with van der Waals surface area (Å²) in [6, 6.07) is 9.58. The molecule has 1 heterocycles. The first-order valence-electron chi connectivity index (χ1n) is 5.79. The maximum Gasteiger partial charge on any atom is 0.213 e. The fourth-order valence-corrected chi connectivity index (χ4v) is 2.40. The molecular weight excluding hydrogens is 328 g/mol. The highest BCUT2D eigenvalue weighted by atomic mass is 79.9. The van der Waals surface area contributed by atoms with E-state index in [4.69, 9.17) is 16.3 Å². The van der Waals surface area contributed by atoms with Gasteiger partial charge in [0.1, 0.15) is 0 Å². The summed E-state index contributed by atoms with van der Waals surface area (Å²) in [6.07, 6.45) is 0. The molecule has 0 amide bonds. The van der Waals surface area contributed by atoms with Crippen molar-refractivity contribution in [2.75, 3.05) is 12.4 Å². The van der Waals surface area contributed by atoms with E-state index in [1.165, 1.54) is 0 Å². The minimum Gasteiger partial charge on any atom is -0.481 e. The first kappa shape index (κ1) is 14.2. The number of halogens is 2. The van der Waals surface area contributed by atoms with Gasteiger partial charge in [-0.05, 0) is 46.6 Å². The maximum absolute atomic E-state index is 6.12. The van der Waals surface area contributed by atoms with Gasteiger partial charge in [0.25, 0.3) is 0 Å². The largest absolute Gasteiger partial charge is 0.481 e. The smallest absolute Gasteiger partial charge is 0.213 e. The second kappa shape index (κ2) is 6.26. The van der Waals surface area contributed by atoms with Crippen LogP contribution >= 0.6 is 27.5 Å². The number of aromatic nitrogens is 1. The van der Waals surface area contributed by atoms with E-state index in [-0.39, 0.29) is 0 Å². The maximum atomic E-state index is 6.12. The van der Waals surface area contributed by atoms with Crippen LogP contribution in [0.25, 0.3) is 0 Å². The zero-order valence-corrected chi connectivity index (χ0v) is 13.0. The third-order valence-corrected chi connectivity index (χ3v) is 3.76. The lowest BCUT2D eigenvalue weighted by Gasteiger charge is -2.10. The van der Waals surface area contributed by atoms with Crippen LogP contribution < -0.4 is 10.1 Å². The van der Waals surface area contributed by atoms with Crippen molar-refractivity contribution in [2.45, 2.75) is 13.5 Å². The first-order chi connectivity index (χ1) is 9.10. The Labute approximate surface area is 126 Å². The highest BCUT2D eigenvalue weighted by Gasteiger charge is 2.05. The molecule has 0 bridgehead atoms. The van der Waals surface area contributed by atoms with Gasteiger partial charge in [-0.25, -0.2) is 4.98 Å². The predicted octanol–water partition coefficient (Wildman–Crippen LogP) is 4.43. The summed E-state index contributed by atoms with van der Waals surface area (Å²) in [7, 11) is 1.61. The summed E-state index contributed by atoms with van der Waals surface area (Å²) in [5, 5.41) is 4.04. The minimum absolute atomic E-state index is 0.606. The fourth-order valence-electron chi connectivity index (χ4n) is 1.64. The molecule has 0 radical (unpaired) electrons. The topological polar surface area (TPSA) is 34.1 Å². The molecule has 1 aromatic carbocycles. The van der Waals surface area contributed by atoms with Crippen molar-refractivity contribution in [2.24, 2.45) is 0 Å². The third kappa shape index (κ3) is 3.61. The molecule has 0 saturated heterocycles. The second-order valence-corrected chi connectivity index (χ2v) is 5.37. The van der Waals surface area contributed by atoms with Crippen molar-refractivity contribution in [3.63, 3.8) is 0 Å². The van der Waals surface area contributed by atoms with E-state index in [0.717, 1.165) is 26.4 Å². The molecule has 100 valence electrons. The molecule has 0 aliphatic heterocycles. The Kier molecular flexibility index (Phi) is 4.66. The quantitative estimate of drug-likeness (QED) is 0.893. The highest BCUT2D eigenvalue weighted by Crippen LogP contribution is 2.29. The SMILES string of the molecule is COc1cccc(CNc2cc(Cl)c(C)cc2Br)n1. The van der Waals surface area contributed by atoms with E-state index in [9.17, 15) is 0 Å². The van der Waals surface area contributed by atoms with E-state index in [1.54, 1.807) is 7.11 Å². The lowest BCUT2D eigenvalue weighted by molar-refractivity contribution is 0.396. The number of ether oxygens (including phenoxy) is 1. The molecule has 0 fully saturated rings. The lowest BCUT2D eigenvalue weighted by Crippen LogP contribution is -2.03. The van der Waals surface area contributed by atoms with Gasteiger partial charge in [0.2, 0.25) is 5.88 Å². The van der Waals surface area contributed by atoms with E-state index >= 15 is 0 Å². The van der Waals surface area contributed by atoms with E-state index in [2.05, 4.69) is 26.2 Å². The number of aryl methyl sites for hydroxylation is 1. The molecule has 1 N–H and O–H groups in total. The molecule has 0 aliphatic carbocycles. The first-order valence-corrected chi connectivity index (χ1v) is 6.96. The number of benzene rings is 1. The number of hydrogen-bond acceptors (Lipinski definition) is 3. The van der Waals surface area contributed by atoms with Gasteiger partial charge >= 0.3 is 0 Å². The summed E-state index contributed by atoms with van der Waals surface area (Å²) >= 11 is 9.64. The van der Waals surface area contributed by atoms with Crippen LogP contribution in [-0.2, 0) is 6.54 Å². The van der Waals surface area contributed by atoms with Crippen molar-refractivity contribution in [1.29, 1.82) is 0 Å². The average Bonchev–Trinajstić information content (AvgIpc) is 2.41. The second-order valence-electron chi connectivity index (χ2n) is 4.11. The van der Waals surface area contributed by atoms with Crippen molar-refractivity contribution < 1.29 is 4.74 Å². The number of nitrogens with one attached hydrogen (secondary N) is 1.